The Bertz CT molecular complexity index is 290. The zero-order chi connectivity index (χ0) is 9.26. The molecule has 2 rings (SSSR count). The van der Waals surface area contributed by atoms with Gasteiger partial charge in [-0.3, -0.25) is 0 Å². The number of hydrogen-bond donors (Lipinski definition) is 2. The molecule has 2 N–H and O–H groups in total. The van der Waals surface area contributed by atoms with E-state index in [4.69, 9.17) is 5.11 Å². The minimum Gasteiger partial charge on any atom is -0.465 e. The number of carbonyl (C=O) groups is 1. The van der Waals surface area contributed by atoms with Gasteiger partial charge in [0.05, 0.1) is 6.33 Å². The molecule has 5 heteroatoms. The van der Waals surface area contributed by atoms with Gasteiger partial charge in [0.2, 0.25) is 0 Å². The molecular formula is C8H11N3O2. The van der Waals surface area contributed by atoms with Crippen molar-refractivity contribution in [2.24, 2.45) is 0 Å². The van der Waals surface area contributed by atoms with Crippen molar-refractivity contribution in [3.05, 3.63) is 18.7 Å². The van der Waals surface area contributed by atoms with Crippen LogP contribution in [-0.4, -0.2) is 26.8 Å². The molecule has 1 saturated carbocycles. The zero-order valence-electron chi connectivity index (χ0n) is 7.05. The van der Waals surface area contributed by atoms with Crippen molar-refractivity contribution in [1.29, 1.82) is 0 Å². The number of amides is 1. The predicted octanol–water partition coefficient (Wildman–Crippen LogP) is 0.854. The van der Waals surface area contributed by atoms with Crippen molar-refractivity contribution in [3.63, 3.8) is 0 Å². The van der Waals surface area contributed by atoms with Crippen LogP contribution in [0.25, 0.3) is 0 Å². The van der Waals surface area contributed by atoms with Crippen LogP contribution in [0.15, 0.2) is 18.7 Å². The Kier molecular flexibility index (Phi) is 1.92. The van der Waals surface area contributed by atoms with Crippen LogP contribution in [0.3, 0.4) is 0 Å². The first kappa shape index (κ1) is 8.10. The molecule has 0 spiro atoms. The van der Waals surface area contributed by atoms with Gasteiger partial charge in [0.15, 0.2) is 0 Å². The van der Waals surface area contributed by atoms with Crippen LogP contribution in [0.4, 0.5) is 4.79 Å². The third-order valence-electron chi connectivity index (χ3n) is 2.39. The molecule has 1 aromatic heterocycles. The van der Waals surface area contributed by atoms with Crippen molar-refractivity contribution in [2.75, 3.05) is 0 Å². The second kappa shape index (κ2) is 3.08. The fourth-order valence-corrected chi connectivity index (χ4v) is 1.61. The number of carboxylic acid groups (broad SMARTS) is 1. The highest BCUT2D eigenvalue weighted by Crippen LogP contribution is 2.31. The van der Waals surface area contributed by atoms with E-state index < -0.39 is 6.09 Å². The van der Waals surface area contributed by atoms with Gasteiger partial charge in [-0.2, -0.15) is 0 Å². The lowest BCUT2D eigenvalue weighted by molar-refractivity contribution is 0.167. The Morgan fingerprint density at radius 2 is 2.38 bits per heavy atom. The fraction of sp³-hybridized carbons (Fsp3) is 0.500. The molecule has 1 fully saturated rings. The van der Waals surface area contributed by atoms with E-state index in [0.717, 1.165) is 12.8 Å². The van der Waals surface area contributed by atoms with Crippen LogP contribution in [0.1, 0.15) is 18.9 Å². The normalized spacial score (nSPS) is 26.5. The molecule has 1 aliphatic carbocycles. The lowest BCUT2D eigenvalue weighted by Gasteiger charge is -2.35. The second-order valence-electron chi connectivity index (χ2n) is 3.28. The molecule has 0 unspecified atom stereocenters. The molecule has 0 bridgehead atoms. The number of hydrogen-bond acceptors (Lipinski definition) is 2. The number of imidazole rings is 1. The Labute approximate surface area is 75.4 Å². The van der Waals surface area contributed by atoms with Crippen molar-refractivity contribution in [2.45, 2.75) is 24.9 Å². The third kappa shape index (κ3) is 1.63. The quantitative estimate of drug-likeness (QED) is 0.710. The lowest BCUT2D eigenvalue weighted by Crippen LogP contribution is -2.44. The smallest absolute Gasteiger partial charge is 0.404 e. The molecule has 1 aromatic rings. The van der Waals surface area contributed by atoms with E-state index in [2.05, 4.69) is 10.3 Å². The summed E-state index contributed by atoms with van der Waals surface area (Å²) in [6, 6.07) is 0.532. The van der Waals surface area contributed by atoms with Crippen LogP contribution in [0, 0.1) is 0 Å². The van der Waals surface area contributed by atoms with Gasteiger partial charge in [0, 0.05) is 24.5 Å². The van der Waals surface area contributed by atoms with Gasteiger partial charge in [0.1, 0.15) is 0 Å². The first-order valence-corrected chi connectivity index (χ1v) is 4.22. The maximum Gasteiger partial charge on any atom is 0.404 e. The van der Waals surface area contributed by atoms with Crippen molar-refractivity contribution >= 4 is 6.09 Å². The first-order valence-electron chi connectivity index (χ1n) is 4.22. The van der Waals surface area contributed by atoms with Crippen LogP contribution >= 0.6 is 0 Å². The SMILES string of the molecule is O=C(O)NC1CC(n2ccnc2)C1. The molecule has 5 nitrogen and oxygen atoms in total. The van der Waals surface area contributed by atoms with Crippen molar-refractivity contribution in [3.8, 4) is 0 Å². The molecule has 0 atom stereocenters. The number of rotatable bonds is 2. The minimum atomic E-state index is -0.936. The minimum absolute atomic E-state index is 0.116. The summed E-state index contributed by atoms with van der Waals surface area (Å²) >= 11 is 0. The monoisotopic (exact) mass is 181 g/mol. The van der Waals surface area contributed by atoms with Gasteiger partial charge in [-0.15, -0.1) is 0 Å². The van der Waals surface area contributed by atoms with Gasteiger partial charge in [-0.1, -0.05) is 0 Å². The Hall–Kier alpha value is -1.52. The highest BCUT2D eigenvalue weighted by Gasteiger charge is 2.30. The Balaban J connectivity index is 1.82. The summed E-state index contributed by atoms with van der Waals surface area (Å²) in [6.45, 7) is 0. The summed E-state index contributed by atoms with van der Waals surface area (Å²) in [4.78, 5) is 14.2. The van der Waals surface area contributed by atoms with E-state index in [1.807, 2.05) is 10.8 Å². The Morgan fingerprint density at radius 1 is 1.62 bits per heavy atom. The molecule has 13 heavy (non-hydrogen) atoms. The molecule has 0 radical (unpaired) electrons. The van der Waals surface area contributed by atoms with Crippen LogP contribution < -0.4 is 5.32 Å². The van der Waals surface area contributed by atoms with E-state index in [0.29, 0.717) is 6.04 Å². The van der Waals surface area contributed by atoms with E-state index >= 15 is 0 Å². The highest BCUT2D eigenvalue weighted by atomic mass is 16.4. The second-order valence-corrected chi connectivity index (χ2v) is 3.28. The molecule has 1 amide bonds. The maximum absolute atomic E-state index is 10.3. The topological polar surface area (TPSA) is 67.2 Å². The largest absolute Gasteiger partial charge is 0.465 e. The number of aromatic nitrogens is 2. The molecule has 0 aliphatic heterocycles. The van der Waals surface area contributed by atoms with E-state index in [-0.39, 0.29) is 6.04 Å². The van der Waals surface area contributed by atoms with Crippen molar-refractivity contribution in [1.82, 2.24) is 14.9 Å². The standard InChI is InChI=1S/C8H11N3O2/c12-8(13)10-6-3-7(4-6)11-2-1-9-5-11/h1-2,5-7,10H,3-4H2,(H,12,13). The maximum atomic E-state index is 10.3. The lowest BCUT2D eigenvalue weighted by atomic mass is 9.87. The van der Waals surface area contributed by atoms with Gasteiger partial charge < -0.3 is 15.0 Å². The van der Waals surface area contributed by atoms with E-state index in [9.17, 15) is 4.79 Å². The van der Waals surface area contributed by atoms with Crippen LogP contribution in [-0.2, 0) is 0 Å². The summed E-state index contributed by atoms with van der Waals surface area (Å²) in [7, 11) is 0. The van der Waals surface area contributed by atoms with Crippen molar-refractivity contribution < 1.29 is 9.90 Å². The highest BCUT2D eigenvalue weighted by molar-refractivity contribution is 5.65. The molecule has 1 aliphatic rings. The van der Waals surface area contributed by atoms with E-state index in [1.165, 1.54) is 0 Å². The molecule has 0 saturated heterocycles. The fourth-order valence-electron chi connectivity index (χ4n) is 1.61. The van der Waals surface area contributed by atoms with Crippen LogP contribution in [0.2, 0.25) is 0 Å². The molecule has 1 heterocycles. The summed E-state index contributed by atoms with van der Waals surface area (Å²) < 4.78 is 2.01. The first-order chi connectivity index (χ1) is 6.25. The summed E-state index contributed by atoms with van der Waals surface area (Å²) in [5, 5.41) is 10.9. The van der Waals surface area contributed by atoms with Gasteiger partial charge in [-0.05, 0) is 12.8 Å². The van der Waals surface area contributed by atoms with Gasteiger partial charge in [-0.25, -0.2) is 9.78 Å². The summed E-state index contributed by atoms with van der Waals surface area (Å²) in [5.74, 6) is 0. The molecule has 70 valence electrons. The molecular weight excluding hydrogens is 170 g/mol. The van der Waals surface area contributed by atoms with E-state index in [1.54, 1.807) is 12.5 Å². The van der Waals surface area contributed by atoms with Gasteiger partial charge in [0.25, 0.3) is 0 Å². The summed E-state index contributed by atoms with van der Waals surface area (Å²) in [5.41, 5.74) is 0. The van der Waals surface area contributed by atoms with Gasteiger partial charge >= 0.3 is 6.09 Å². The predicted molar refractivity (Wildman–Crippen MR) is 45.4 cm³/mol. The Morgan fingerprint density at radius 3 is 2.92 bits per heavy atom. The summed E-state index contributed by atoms with van der Waals surface area (Å²) in [6.07, 6.45) is 6.20. The number of nitrogens with one attached hydrogen (secondary N) is 1. The average Bonchev–Trinajstić information content (AvgIpc) is 2.46. The third-order valence-corrected chi connectivity index (χ3v) is 2.39. The molecule has 0 aromatic carbocycles. The zero-order valence-corrected chi connectivity index (χ0v) is 7.05. The van der Waals surface area contributed by atoms with Crippen LogP contribution in [0.5, 0.6) is 0 Å². The number of nitrogens with zero attached hydrogens (tertiary/aromatic N) is 2. The average molecular weight is 181 g/mol.